The number of halogens is 2. The Bertz CT molecular complexity index is 50.8. The van der Waals surface area contributed by atoms with Crippen molar-refractivity contribution in [3.8, 4) is 0 Å². The number of hydrogen-bond acceptors (Lipinski definition) is 2. The zero-order valence-corrected chi connectivity index (χ0v) is 5.29. The van der Waals surface area contributed by atoms with Crippen LogP contribution in [0.2, 0.25) is 0 Å². The third-order valence-corrected chi connectivity index (χ3v) is 1.13. The summed E-state index contributed by atoms with van der Waals surface area (Å²) in [7, 11) is 0. The SMILES string of the molecule is [2H]I=NSCF. The molecule has 0 aromatic rings. The molecule has 0 heterocycles. The quantitative estimate of drug-likeness (QED) is 0.498. The van der Waals surface area contributed by atoms with Crippen LogP contribution < -0.4 is 0 Å². The summed E-state index contributed by atoms with van der Waals surface area (Å²) in [5.74, 6) is 0. The Hall–Kier alpha value is 0.810. The summed E-state index contributed by atoms with van der Waals surface area (Å²) in [4.78, 5) is 0. The van der Waals surface area contributed by atoms with E-state index >= 15 is 0 Å². The summed E-state index contributed by atoms with van der Waals surface area (Å²) in [6.45, 7) is 0. The van der Waals surface area contributed by atoms with Crippen LogP contribution in [0.3, 0.4) is 0 Å². The fourth-order valence-electron chi connectivity index (χ4n) is 0.0184. The van der Waals surface area contributed by atoms with Gasteiger partial charge in [0.15, 0.2) is 6.01 Å². The molecule has 0 bridgehead atoms. The van der Waals surface area contributed by atoms with E-state index in [1.807, 2.05) is 0 Å². The highest BCUT2D eigenvalue weighted by atomic mass is 127. The number of nitrogens with zero attached hydrogens (tertiary/aromatic N) is 1. The lowest BCUT2D eigenvalue weighted by Gasteiger charge is -1.69. The fraction of sp³-hybridized carbons (Fsp3) is 1.00. The van der Waals surface area contributed by atoms with Gasteiger partial charge in [0, 0.05) is 11.9 Å². The van der Waals surface area contributed by atoms with Gasteiger partial charge in [-0.1, -0.05) is 0 Å². The first kappa shape index (κ1) is 3.98. The molecule has 4 heteroatoms. The molecule has 0 atom stereocenters. The van der Waals surface area contributed by atoms with Crippen molar-refractivity contribution in [2.75, 3.05) is 6.01 Å². The van der Waals surface area contributed by atoms with Crippen molar-refractivity contribution in [3.63, 3.8) is 0 Å². The van der Waals surface area contributed by atoms with E-state index in [0.29, 0.717) is 0 Å². The van der Waals surface area contributed by atoms with Crippen LogP contribution in [-0.4, -0.2) is 6.60 Å². The van der Waals surface area contributed by atoms with Crippen LogP contribution >= 0.6 is 34.2 Å². The van der Waals surface area contributed by atoms with Crippen LogP contribution in [0, 0.1) is 0 Å². The minimum atomic E-state index is -0.801. The molecule has 0 rings (SSSR count). The van der Waals surface area contributed by atoms with E-state index in [1.54, 1.807) is 0 Å². The number of hydrogen-bond donors (Lipinski definition) is 0. The maximum absolute atomic E-state index is 11.0. The Morgan fingerprint density at radius 2 is 3.20 bits per heavy atom. The van der Waals surface area contributed by atoms with Crippen LogP contribution in [0.5, 0.6) is 0 Å². The normalized spacial score (nSPS) is 14.2. The predicted octanol–water partition coefficient (Wildman–Crippen LogP) is 1.91. The smallest absolute Gasteiger partial charge is 0.157 e. The Labute approximate surface area is 48.0 Å². The van der Waals surface area contributed by atoms with Gasteiger partial charge in [-0.3, -0.25) is 0 Å². The molecule has 1 nitrogen and oxygen atoms in total. The Morgan fingerprint density at radius 3 is 3.40 bits per heavy atom. The van der Waals surface area contributed by atoms with Crippen molar-refractivity contribution in [1.82, 2.24) is 0 Å². The summed E-state index contributed by atoms with van der Waals surface area (Å²) < 4.78 is 20.9. The summed E-state index contributed by atoms with van der Waals surface area (Å²) in [5, 5.41) is 0. The van der Waals surface area contributed by atoms with E-state index in [0.717, 1.165) is 11.9 Å². The molecule has 32 valence electrons. The molecule has 0 fully saturated rings. The maximum Gasteiger partial charge on any atom is 0.157 e. The van der Waals surface area contributed by atoms with Crippen LogP contribution in [0.4, 0.5) is 4.39 Å². The molecule has 5 heavy (non-hydrogen) atoms. The van der Waals surface area contributed by atoms with E-state index < -0.39 is 28.2 Å². The van der Waals surface area contributed by atoms with Gasteiger partial charge in [0.05, 0.1) is 0 Å². The number of rotatable bonds is 2. The number of alkyl halides is 1. The lowest BCUT2D eigenvalue weighted by atomic mass is 11.8. The standard InChI is InChI=1S/CH3FINS/c2-1-5-4-3/h3H,1H2/i3D. The van der Waals surface area contributed by atoms with Gasteiger partial charge in [-0.15, -0.1) is 0 Å². The highest BCUT2D eigenvalue weighted by molar-refractivity contribution is 14.1. The molecule has 0 saturated carbocycles. The minimum absolute atomic E-state index is 0.488. The molecule has 0 radical (unpaired) electrons. The van der Waals surface area contributed by atoms with Crippen molar-refractivity contribution >= 4 is 34.2 Å². The predicted molar refractivity (Wildman–Crippen MR) is 31.4 cm³/mol. The third-order valence-electron chi connectivity index (χ3n) is 0.0976. The molecule has 0 N–H and O–H groups in total. The molecule has 0 aliphatic heterocycles. The first-order valence-electron chi connectivity index (χ1n) is 1.29. The Balaban J connectivity index is 2.66. The molecule has 0 spiro atoms. The molecular formula is CH3FINS. The van der Waals surface area contributed by atoms with Gasteiger partial charge in [-0.25, -0.2) is 4.39 Å². The van der Waals surface area contributed by atoms with E-state index in [-0.39, 0.29) is 0 Å². The molecular weight excluding hydrogens is 204 g/mol. The summed E-state index contributed by atoms with van der Waals surface area (Å²) in [6, 6.07) is -0.488. The van der Waals surface area contributed by atoms with Gasteiger partial charge in [0.25, 0.3) is 0 Å². The molecule has 0 aromatic heterocycles. The zero-order valence-electron chi connectivity index (χ0n) is 3.32. The first-order valence-corrected chi connectivity index (χ1v) is 2.81. The van der Waals surface area contributed by atoms with Gasteiger partial charge in [0.2, 0.25) is 0 Å². The Kier molecular flexibility index (Phi) is 3.83. The van der Waals surface area contributed by atoms with Crippen molar-refractivity contribution < 1.29 is 4.39 Å². The lowest BCUT2D eigenvalue weighted by Crippen LogP contribution is -1.45. The van der Waals surface area contributed by atoms with Crippen LogP contribution in [-0.2, 0) is 0 Å². The fourth-order valence-corrected chi connectivity index (χ4v) is 0.371. The molecule has 0 aromatic carbocycles. The summed E-state index contributed by atoms with van der Waals surface area (Å²) in [6.07, 6.45) is 0. The summed E-state index contributed by atoms with van der Waals surface area (Å²) in [5.41, 5.74) is 0. The lowest BCUT2D eigenvalue weighted by molar-refractivity contribution is 0.606. The maximum atomic E-state index is 11.0. The molecule has 0 unspecified atom stereocenters. The van der Waals surface area contributed by atoms with Crippen LogP contribution in [0.15, 0.2) is 2.55 Å². The van der Waals surface area contributed by atoms with Gasteiger partial charge in [-0.2, -0.15) is 2.55 Å². The largest absolute Gasteiger partial charge is 0.237 e. The average Bonchev–Trinajstić information content (AvgIpc) is 1.61. The first-order chi connectivity index (χ1) is 2.91. The van der Waals surface area contributed by atoms with Gasteiger partial charge >= 0.3 is 0 Å². The van der Waals surface area contributed by atoms with Gasteiger partial charge in [0.1, 0.15) is 0.594 Å². The highest BCUT2D eigenvalue weighted by Gasteiger charge is 1.67. The van der Waals surface area contributed by atoms with E-state index in [2.05, 4.69) is 2.55 Å². The van der Waals surface area contributed by atoms with E-state index in [4.69, 9.17) is 0.594 Å². The van der Waals surface area contributed by atoms with Crippen molar-refractivity contribution in [3.05, 3.63) is 0 Å². The second-order valence-electron chi connectivity index (χ2n) is 0.307. The molecule has 0 saturated heterocycles. The third kappa shape index (κ3) is 4.81. The minimum Gasteiger partial charge on any atom is -0.237 e. The molecule has 0 aliphatic carbocycles. The Morgan fingerprint density at radius 1 is 2.40 bits per heavy atom. The van der Waals surface area contributed by atoms with Gasteiger partial charge < -0.3 is 0 Å². The summed E-state index contributed by atoms with van der Waals surface area (Å²) >= 11 is 0.0268. The van der Waals surface area contributed by atoms with Crippen molar-refractivity contribution in [1.29, 1.82) is 0.594 Å². The second kappa shape index (κ2) is 4.81. The van der Waals surface area contributed by atoms with Crippen LogP contribution in [0.1, 0.15) is 0 Å². The topological polar surface area (TPSA) is 12.4 Å². The van der Waals surface area contributed by atoms with Crippen molar-refractivity contribution in [2.24, 2.45) is 2.55 Å². The molecule has 0 aliphatic rings. The van der Waals surface area contributed by atoms with Gasteiger partial charge in [-0.05, 0) is 22.2 Å². The average molecular weight is 208 g/mol. The van der Waals surface area contributed by atoms with E-state index in [1.165, 1.54) is 0 Å². The van der Waals surface area contributed by atoms with Crippen molar-refractivity contribution in [2.45, 2.75) is 0 Å². The zero-order chi connectivity index (χ0) is 4.83. The monoisotopic (exact) mass is 208 g/mol. The van der Waals surface area contributed by atoms with Crippen LogP contribution in [0.25, 0.3) is 0 Å². The highest BCUT2D eigenvalue weighted by Crippen LogP contribution is 2.01. The second-order valence-corrected chi connectivity index (χ2v) is 2.10. The van der Waals surface area contributed by atoms with E-state index in [9.17, 15) is 4.39 Å². The molecule has 0 amide bonds.